The topological polar surface area (TPSA) is 80.8 Å². The van der Waals surface area contributed by atoms with Gasteiger partial charge in [-0.2, -0.15) is 5.10 Å². The number of aromatic nitrogens is 4. The molecule has 0 aliphatic heterocycles. The Balaban J connectivity index is 1.97. The molecule has 2 aromatic rings. The van der Waals surface area contributed by atoms with Crippen LogP contribution in [0.25, 0.3) is 11.4 Å². The van der Waals surface area contributed by atoms with Gasteiger partial charge in [-0.3, -0.25) is 14.9 Å². The van der Waals surface area contributed by atoms with Crippen LogP contribution in [0.1, 0.15) is 19.2 Å². The molecule has 6 heteroatoms. The maximum Gasteiger partial charge on any atom is 0.306 e. The first-order valence-corrected chi connectivity index (χ1v) is 5.77. The Labute approximate surface area is 104 Å². The van der Waals surface area contributed by atoms with Crippen molar-refractivity contribution in [2.24, 2.45) is 0 Å². The van der Waals surface area contributed by atoms with E-state index in [1.54, 1.807) is 19.3 Å². The molecule has 0 fully saturated rings. The molecule has 0 atom stereocenters. The molecule has 2 rings (SSSR count). The summed E-state index contributed by atoms with van der Waals surface area (Å²) in [4.78, 5) is 19.5. The van der Waals surface area contributed by atoms with Gasteiger partial charge in [0.2, 0.25) is 0 Å². The van der Waals surface area contributed by atoms with Crippen molar-refractivity contribution in [3.63, 3.8) is 0 Å². The third-order valence-corrected chi connectivity index (χ3v) is 2.32. The van der Waals surface area contributed by atoms with Crippen LogP contribution < -0.4 is 0 Å². The van der Waals surface area contributed by atoms with Crippen molar-refractivity contribution < 1.29 is 9.53 Å². The Morgan fingerprint density at radius 3 is 3.11 bits per heavy atom. The Morgan fingerprint density at radius 2 is 2.39 bits per heavy atom. The third kappa shape index (κ3) is 3.13. The molecular formula is C12H14N4O2. The molecule has 0 radical (unpaired) electrons. The summed E-state index contributed by atoms with van der Waals surface area (Å²) in [6.07, 6.45) is 4.18. The summed E-state index contributed by atoms with van der Waals surface area (Å²) in [5.74, 6) is 1.03. The maximum atomic E-state index is 11.2. The summed E-state index contributed by atoms with van der Waals surface area (Å²) in [6.45, 7) is 2.18. The standard InChI is InChI=1S/C12H14N4O2/c1-2-18-11(17)6-5-10-14-12(16-15-10)9-4-3-7-13-8-9/h3-4,7-8H,2,5-6H2,1H3,(H,14,15,16). The smallest absolute Gasteiger partial charge is 0.306 e. The minimum absolute atomic E-state index is 0.225. The Kier molecular flexibility index (Phi) is 4.01. The summed E-state index contributed by atoms with van der Waals surface area (Å²) in [7, 11) is 0. The van der Waals surface area contributed by atoms with E-state index in [0.717, 1.165) is 5.56 Å². The maximum absolute atomic E-state index is 11.2. The average Bonchev–Trinajstić information content (AvgIpc) is 2.87. The Bertz CT molecular complexity index is 510. The molecule has 1 N–H and O–H groups in total. The molecule has 0 spiro atoms. The highest BCUT2D eigenvalue weighted by Crippen LogP contribution is 2.12. The predicted octanol–water partition coefficient (Wildman–Crippen LogP) is 1.36. The van der Waals surface area contributed by atoms with Crippen LogP contribution in [0.5, 0.6) is 0 Å². The molecular weight excluding hydrogens is 232 g/mol. The first-order valence-electron chi connectivity index (χ1n) is 5.77. The molecule has 6 nitrogen and oxygen atoms in total. The summed E-state index contributed by atoms with van der Waals surface area (Å²) in [5, 5.41) is 6.89. The second-order valence-corrected chi connectivity index (χ2v) is 3.65. The quantitative estimate of drug-likeness (QED) is 0.806. The minimum atomic E-state index is -0.225. The second kappa shape index (κ2) is 5.90. The highest BCUT2D eigenvalue weighted by Gasteiger charge is 2.08. The van der Waals surface area contributed by atoms with Gasteiger partial charge in [0.05, 0.1) is 13.0 Å². The molecule has 0 unspecified atom stereocenters. The Hall–Kier alpha value is -2.24. The molecule has 2 aromatic heterocycles. The van der Waals surface area contributed by atoms with E-state index in [9.17, 15) is 4.79 Å². The lowest BCUT2D eigenvalue weighted by Crippen LogP contribution is -2.05. The monoisotopic (exact) mass is 246 g/mol. The van der Waals surface area contributed by atoms with Crippen molar-refractivity contribution in [3.8, 4) is 11.4 Å². The van der Waals surface area contributed by atoms with Crippen molar-refractivity contribution in [2.75, 3.05) is 6.61 Å². The first kappa shape index (κ1) is 12.2. The van der Waals surface area contributed by atoms with E-state index in [-0.39, 0.29) is 5.97 Å². The van der Waals surface area contributed by atoms with Crippen molar-refractivity contribution in [1.29, 1.82) is 0 Å². The number of ether oxygens (including phenoxy) is 1. The van der Waals surface area contributed by atoms with Crippen molar-refractivity contribution in [1.82, 2.24) is 20.2 Å². The number of H-pyrrole nitrogens is 1. The van der Waals surface area contributed by atoms with Crippen LogP contribution in [0.2, 0.25) is 0 Å². The van der Waals surface area contributed by atoms with Gasteiger partial charge in [0.15, 0.2) is 5.82 Å². The summed E-state index contributed by atoms with van der Waals surface area (Å²) in [6, 6.07) is 3.70. The van der Waals surface area contributed by atoms with Gasteiger partial charge in [-0.15, -0.1) is 0 Å². The van der Waals surface area contributed by atoms with E-state index >= 15 is 0 Å². The zero-order chi connectivity index (χ0) is 12.8. The van der Waals surface area contributed by atoms with Gasteiger partial charge in [0.25, 0.3) is 0 Å². The normalized spacial score (nSPS) is 10.3. The fraction of sp³-hybridized carbons (Fsp3) is 0.333. The highest BCUT2D eigenvalue weighted by atomic mass is 16.5. The van der Waals surface area contributed by atoms with Crippen molar-refractivity contribution in [2.45, 2.75) is 19.8 Å². The van der Waals surface area contributed by atoms with Crippen molar-refractivity contribution in [3.05, 3.63) is 30.4 Å². The molecule has 0 aromatic carbocycles. The number of nitrogens with one attached hydrogen (secondary N) is 1. The van der Waals surface area contributed by atoms with E-state index in [1.165, 1.54) is 0 Å². The van der Waals surface area contributed by atoms with E-state index in [2.05, 4.69) is 20.2 Å². The van der Waals surface area contributed by atoms with Crippen molar-refractivity contribution >= 4 is 5.97 Å². The molecule has 0 aliphatic carbocycles. The molecule has 0 bridgehead atoms. The summed E-state index contributed by atoms with van der Waals surface area (Å²) < 4.78 is 4.84. The first-order chi connectivity index (χ1) is 8.79. The second-order valence-electron chi connectivity index (χ2n) is 3.65. The SMILES string of the molecule is CCOC(=O)CCc1nc(-c2cccnc2)n[nH]1. The minimum Gasteiger partial charge on any atom is -0.466 e. The van der Waals surface area contributed by atoms with Crippen LogP contribution in [0, 0.1) is 0 Å². The number of carbonyl (C=O) groups is 1. The van der Waals surface area contributed by atoms with Crippen LogP contribution in [-0.2, 0) is 16.0 Å². The number of aromatic amines is 1. The number of pyridine rings is 1. The largest absolute Gasteiger partial charge is 0.466 e. The van der Waals surface area contributed by atoms with Gasteiger partial charge in [0, 0.05) is 24.4 Å². The fourth-order valence-corrected chi connectivity index (χ4v) is 1.48. The lowest BCUT2D eigenvalue weighted by molar-refractivity contribution is -0.143. The highest BCUT2D eigenvalue weighted by molar-refractivity contribution is 5.69. The van der Waals surface area contributed by atoms with E-state index in [4.69, 9.17) is 4.74 Å². The predicted molar refractivity (Wildman–Crippen MR) is 64.6 cm³/mol. The molecule has 94 valence electrons. The molecule has 0 aliphatic rings. The van der Waals surface area contributed by atoms with Gasteiger partial charge >= 0.3 is 5.97 Å². The lowest BCUT2D eigenvalue weighted by atomic mass is 10.3. The van der Waals surface area contributed by atoms with E-state index in [0.29, 0.717) is 31.1 Å². The zero-order valence-corrected chi connectivity index (χ0v) is 10.1. The summed E-state index contributed by atoms with van der Waals surface area (Å²) >= 11 is 0. The zero-order valence-electron chi connectivity index (χ0n) is 10.1. The number of nitrogens with zero attached hydrogens (tertiary/aromatic N) is 3. The number of rotatable bonds is 5. The number of esters is 1. The van der Waals surface area contributed by atoms with E-state index in [1.807, 2.05) is 12.1 Å². The lowest BCUT2D eigenvalue weighted by Gasteiger charge is -1.98. The molecule has 0 saturated heterocycles. The van der Waals surface area contributed by atoms with Crippen LogP contribution in [0.3, 0.4) is 0 Å². The van der Waals surface area contributed by atoms with Crippen LogP contribution >= 0.6 is 0 Å². The molecule has 0 amide bonds. The van der Waals surface area contributed by atoms with Crippen LogP contribution in [0.15, 0.2) is 24.5 Å². The third-order valence-electron chi connectivity index (χ3n) is 2.32. The van der Waals surface area contributed by atoms with Gasteiger partial charge < -0.3 is 4.74 Å². The molecule has 0 saturated carbocycles. The van der Waals surface area contributed by atoms with Crippen LogP contribution in [-0.4, -0.2) is 32.7 Å². The number of hydrogen-bond acceptors (Lipinski definition) is 5. The fourth-order valence-electron chi connectivity index (χ4n) is 1.48. The number of aryl methyl sites for hydroxylation is 1. The summed E-state index contributed by atoms with van der Waals surface area (Å²) in [5.41, 5.74) is 0.844. The average molecular weight is 246 g/mol. The van der Waals surface area contributed by atoms with E-state index < -0.39 is 0 Å². The van der Waals surface area contributed by atoms with Gasteiger partial charge in [-0.25, -0.2) is 4.98 Å². The van der Waals surface area contributed by atoms with Gasteiger partial charge in [-0.1, -0.05) is 0 Å². The number of hydrogen-bond donors (Lipinski definition) is 1. The Morgan fingerprint density at radius 1 is 1.50 bits per heavy atom. The molecule has 18 heavy (non-hydrogen) atoms. The van der Waals surface area contributed by atoms with Crippen LogP contribution in [0.4, 0.5) is 0 Å². The molecule has 2 heterocycles. The van der Waals surface area contributed by atoms with Gasteiger partial charge in [-0.05, 0) is 19.1 Å². The number of carbonyl (C=O) groups excluding carboxylic acids is 1. The van der Waals surface area contributed by atoms with Gasteiger partial charge in [0.1, 0.15) is 5.82 Å².